The number of H-pyrrole nitrogens is 1. The predicted octanol–water partition coefficient (Wildman–Crippen LogP) is 2.13. The number of carbonyl (C=O) groups is 2. The van der Waals surface area contributed by atoms with Crippen LogP contribution in [0.1, 0.15) is 36.4 Å². The van der Waals surface area contributed by atoms with Crippen LogP contribution in [-0.2, 0) is 0 Å². The molecule has 0 saturated carbocycles. The molecule has 0 aliphatic heterocycles. The highest BCUT2D eigenvalue weighted by Crippen LogP contribution is 2.21. The van der Waals surface area contributed by atoms with Crippen LogP contribution >= 0.6 is 11.3 Å². The number of aromatic nitrogens is 2. The number of carbonyl (C=O) groups excluding carboxylic acids is 2. The van der Waals surface area contributed by atoms with Gasteiger partial charge in [-0.25, -0.2) is 4.98 Å². The van der Waals surface area contributed by atoms with E-state index in [0.717, 1.165) is 10.7 Å². The van der Waals surface area contributed by atoms with E-state index in [4.69, 9.17) is 0 Å². The molecule has 2 rings (SSSR count). The normalized spacial score (nSPS) is 10.4. The first-order valence-electron chi connectivity index (χ1n) is 4.74. The van der Waals surface area contributed by atoms with Gasteiger partial charge in [-0.15, -0.1) is 11.3 Å². The van der Waals surface area contributed by atoms with Crippen LogP contribution in [0.15, 0.2) is 12.3 Å². The summed E-state index contributed by atoms with van der Waals surface area (Å²) in [5, 5.41) is 0.868. The number of nitrogens with zero attached hydrogens (tertiary/aromatic N) is 1. The van der Waals surface area contributed by atoms with Gasteiger partial charge in [0, 0.05) is 11.8 Å². The Balaban J connectivity index is 2.38. The average Bonchev–Trinajstić information content (AvgIpc) is 2.84. The standard InChI is InChI=1S/C11H10N2O2S/c1-6-11(16-7(2)13-6)10(15)8-3-9(5-14)12-4-8/h3-5,12H,1-2H3. The molecule has 0 atom stereocenters. The third kappa shape index (κ3) is 1.81. The maximum Gasteiger partial charge on any atom is 0.206 e. The largest absolute Gasteiger partial charge is 0.358 e. The summed E-state index contributed by atoms with van der Waals surface area (Å²) in [6.45, 7) is 3.67. The van der Waals surface area contributed by atoms with Crippen molar-refractivity contribution < 1.29 is 9.59 Å². The summed E-state index contributed by atoms with van der Waals surface area (Å²) in [6.07, 6.45) is 2.22. The van der Waals surface area contributed by atoms with E-state index in [0.29, 0.717) is 22.4 Å². The van der Waals surface area contributed by atoms with Gasteiger partial charge in [0.1, 0.15) is 0 Å². The fraction of sp³-hybridized carbons (Fsp3) is 0.182. The van der Waals surface area contributed by atoms with Crippen molar-refractivity contribution in [3.05, 3.63) is 39.1 Å². The first-order chi connectivity index (χ1) is 7.61. The molecular formula is C11H10N2O2S. The molecule has 16 heavy (non-hydrogen) atoms. The Hall–Kier alpha value is -1.75. The van der Waals surface area contributed by atoms with E-state index in [9.17, 15) is 9.59 Å². The van der Waals surface area contributed by atoms with Crippen molar-refractivity contribution in [1.82, 2.24) is 9.97 Å². The van der Waals surface area contributed by atoms with Crippen LogP contribution in [-0.4, -0.2) is 22.0 Å². The molecule has 0 bridgehead atoms. The molecule has 4 nitrogen and oxygen atoms in total. The van der Waals surface area contributed by atoms with Crippen molar-refractivity contribution >= 4 is 23.4 Å². The van der Waals surface area contributed by atoms with Gasteiger partial charge >= 0.3 is 0 Å². The molecule has 0 aromatic carbocycles. The minimum atomic E-state index is -0.0903. The van der Waals surface area contributed by atoms with Gasteiger partial charge in [-0.05, 0) is 19.9 Å². The number of aromatic amines is 1. The Morgan fingerprint density at radius 2 is 2.25 bits per heavy atom. The van der Waals surface area contributed by atoms with E-state index < -0.39 is 0 Å². The molecule has 82 valence electrons. The van der Waals surface area contributed by atoms with Gasteiger partial charge < -0.3 is 4.98 Å². The molecule has 2 aromatic heterocycles. The number of nitrogens with one attached hydrogen (secondary N) is 1. The zero-order chi connectivity index (χ0) is 11.7. The molecule has 0 amide bonds. The minimum absolute atomic E-state index is 0.0903. The van der Waals surface area contributed by atoms with E-state index in [-0.39, 0.29) is 5.78 Å². The highest BCUT2D eigenvalue weighted by atomic mass is 32.1. The van der Waals surface area contributed by atoms with Crippen molar-refractivity contribution in [2.75, 3.05) is 0 Å². The van der Waals surface area contributed by atoms with Crippen LogP contribution in [0.2, 0.25) is 0 Å². The second-order valence-corrected chi connectivity index (χ2v) is 4.64. The molecule has 0 spiro atoms. The van der Waals surface area contributed by atoms with E-state index in [2.05, 4.69) is 9.97 Å². The molecule has 0 fully saturated rings. The number of aldehydes is 1. The maximum atomic E-state index is 12.0. The van der Waals surface area contributed by atoms with E-state index in [1.807, 2.05) is 13.8 Å². The molecule has 0 aliphatic rings. The van der Waals surface area contributed by atoms with Gasteiger partial charge in [0.2, 0.25) is 5.78 Å². The first-order valence-corrected chi connectivity index (χ1v) is 5.56. The molecule has 2 heterocycles. The van der Waals surface area contributed by atoms with E-state index >= 15 is 0 Å². The lowest BCUT2D eigenvalue weighted by Crippen LogP contribution is -1.98. The van der Waals surface area contributed by atoms with Gasteiger partial charge in [-0.2, -0.15) is 0 Å². The van der Waals surface area contributed by atoms with Crippen LogP contribution < -0.4 is 0 Å². The van der Waals surface area contributed by atoms with Crippen LogP contribution in [0.4, 0.5) is 0 Å². The molecule has 0 radical (unpaired) electrons. The molecule has 0 unspecified atom stereocenters. The number of hydrogen-bond acceptors (Lipinski definition) is 4. The molecule has 5 heteroatoms. The van der Waals surface area contributed by atoms with Gasteiger partial charge in [-0.1, -0.05) is 0 Å². The molecule has 2 aromatic rings. The molecule has 0 saturated heterocycles. The third-order valence-corrected chi connectivity index (χ3v) is 3.28. The zero-order valence-electron chi connectivity index (χ0n) is 8.90. The zero-order valence-corrected chi connectivity index (χ0v) is 9.72. The Morgan fingerprint density at radius 3 is 2.75 bits per heavy atom. The quantitative estimate of drug-likeness (QED) is 0.653. The summed E-state index contributed by atoms with van der Waals surface area (Å²) in [7, 11) is 0. The SMILES string of the molecule is Cc1nc(C)c(C(=O)c2c[nH]c(C=O)c2)s1. The summed E-state index contributed by atoms with van der Waals surface area (Å²) < 4.78 is 0. The van der Waals surface area contributed by atoms with Gasteiger partial charge in [-0.3, -0.25) is 9.59 Å². The summed E-state index contributed by atoms with van der Waals surface area (Å²) in [6, 6.07) is 1.55. The second kappa shape index (κ2) is 4.02. The summed E-state index contributed by atoms with van der Waals surface area (Å²) >= 11 is 1.37. The van der Waals surface area contributed by atoms with Gasteiger partial charge in [0.25, 0.3) is 0 Å². The van der Waals surface area contributed by atoms with Crippen molar-refractivity contribution in [2.45, 2.75) is 13.8 Å². The van der Waals surface area contributed by atoms with Crippen molar-refractivity contribution in [2.24, 2.45) is 0 Å². The summed E-state index contributed by atoms with van der Waals surface area (Å²) in [5.74, 6) is -0.0903. The predicted molar refractivity (Wildman–Crippen MR) is 61.2 cm³/mol. The molecular weight excluding hydrogens is 224 g/mol. The van der Waals surface area contributed by atoms with Gasteiger partial charge in [0.15, 0.2) is 6.29 Å². The Morgan fingerprint density at radius 1 is 1.50 bits per heavy atom. The van der Waals surface area contributed by atoms with E-state index in [1.165, 1.54) is 11.3 Å². The topological polar surface area (TPSA) is 62.8 Å². The van der Waals surface area contributed by atoms with Gasteiger partial charge in [0.05, 0.1) is 21.3 Å². The molecule has 1 N–H and O–H groups in total. The Labute approximate surface area is 96.3 Å². The number of aryl methyl sites for hydroxylation is 2. The van der Waals surface area contributed by atoms with Crippen molar-refractivity contribution in [3.63, 3.8) is 0 Å². The summed E-state index contributed by atoms with van der Waals surface area (Å²) in [4.78, 5) is 30.1. The highest BCUT2D eigenvalue weighted by Gasteiger charge is 2.16. The fourth-order valence-corrected chi connectivity index (χ4v) is 2.37. The number of hydrogen-bond donors (Lipinski definition) is 1. The van der Waals surface area contributed by atoms with Crippen LogP contribution in [0.5, 0.6) is 0 Å². The summed E-state index contributed by atoms with van der Waals surface area (Å²) in [5.41, 5.74) is 1.64. The van der Waals surface area contributed by atoms with Crippen LogP contribution in [0.25, 0.3) is 0 Å². The average molecular weight is 234 g/mol. The smallest absolute Gasteiger partial charge is 0.206 e. The number of ketones is 1. The lowest BCUT2D eigenvalue weighted by molar-refractivity contribution is 0.104. The Bertz CT molecular complexity index is 554. The monoisotopic (exact) mass is 234 g/mol. The highest BCUT2D eigenvalue weighted by molar-refractivity contribution is 7.14. The number of rotatable bonds is 3. The van der Waals surface area contributed by atoms with Crippen molar-refractivity contribution in [3.8, 4) is 0 Å². The lowest BCUT2D eigenvalue weighted by atomic mass is 10.1. The number of thiazole rings is 1. The minimum Gasteiger partial charge on any atom is -0.358 e. The van der Waals surface area contributed by atoms with Crippen LogP contribution in [0.3, 0.4) is 0 Å². The second-order valence-electron chi connectivity index (χ2n) is 3.44. The Kier molecular flexibility index (Phi) is 2.70. The van der Waals surface area contributed by atoms with E-state index in [1.54, 1.807) is 12.3 Å². The lowest BCUT2D eigenvalue weighted by Gasteiger charge is -1.93. The first kappa shape index (κ1) is 10.8. The van der Waals surface area contributed by atoms with Crippen molar-refractivity contribution in [1.29, 1.82) is 0 Å². The maximum absolute atomic E-state index is 12.0. The third-order valence-electron chi connectivity index (χ3n) is 2.20. The fourth-order valence-electron chi connectivity index (χ4n) is 1.48. The van der Waals surface area contributed by atoms with Crippen LogP contribution in [0, 0.1) is 13.8 Å². The molecule has 0 aliphatic carbocycles.